The van der Waals surface area contributed by atoms with E-state index < -0.39 is 0 Å². The molecule has 0 radical (unpaired) electrons. The Morgan fingerprint density at radius 2 is 1.94 bits per heavy atom. The maximum Gasteiger partial charge on any atom is 0.165 e. The molecule has 1 unspecified atom stereocenters. The zero-order valence-corrected chi connectivity index (χ0v) is 19.3. The molecule has 0 saturated heterocycles. The van der Waals surface area contributed by atoms with E-state index in [0.29, 0.717) is 5.92 Å². The van der Waals surface area contributed by atoms with Gasteiger partial charge in [0.25, 0.3) is 0 Å². The molecule has 4 aromatic heterocycles. The van der Waals surface area contributed by atoms with Crippen molar-refractivity contribution < 1.29 is 0 Å². The highest BCUT2D eigenvalue weighted by Gasteiger charge is 2.27. The molecule has 0 aromatic carbocycles. The van der Waals surface area contributed by atoms with Gasteiger partial charge in [-0.25, -0.2) is 24.9 Å². The molecule has 0 spiro atoms. The summed E-state index contributed by atoms with van der Waals surface area (Å²) in [5.74, 6) is 2.74. The Labute approximate surface area is 187 Å². The quantitative estimate of drug-likeness (QED) is 0.517. The molecule has 1 aliphatic carbocycles. The van der Waals surface area contributed by atoms with Crippen LogP contribution in [0.5, 0.6) is 0 Å². The van der Waals surface area contributed by atoms with E-state index in [-0.39, 0.29) is 6.04 Å². The van der Waals surface area contributed by atoms with Crippen LogP contribution < -0.4 is 5.32 Å². The van der Waals surface area contributed by atoms with Gasteiger partial charge < -0.3 is 9.88 Å². The van der Waals surface area contributed by atoms with Crippen LogP contribution in [0.4, 0.5) is 5.82 Å². The van der Waals surface area contributed by atoms with E-state index in [9.17, 15) is 0 Å². The van der Waals surface area contributed by atoms with E-state index in [0.717, 1.165) is 60.0 Å². The first-order valence-electron chi connectivity index (χ1n) is 11.3. The lowest BCUT2D eigenvalue weighted by Crippen LogP contribution is -2.28. The standard InChI is InChI=1S/C23H29N9/c1-6-32-22(15-10-24-14(4)25-11-15)29-20-21(26-12-27-23(20)32)28-16-7-8-18-17(9-16)19(13(2)3)30-31(18)5/h10-13,16H,6-9H2,1-5H3,(H,26,27,28). The van der Waals surface area contributed by atoms with Crippen molar-refractivity contribution in [1.82, 2.24) is 39.3 Å². The van der Waals surface area contributed by atoms with Crippen LogP contribution in [-0.2, 0) is 26.4 Å². The van der Waals surface area contributed by atoms with E-state index in [1.165, 1.54) is 17.0 Å². The Balaban J connectivity index is 1.50. The average Bonchev–Trinajstić information content (AvgIpc) is 3.32. The first kappa shape index (κ1) is 20.5. The second-order valence-electron chi connectivity index (χ2n) is 8.77. The molecule has 1 aliphatic rings. The second kappa shape index (κ2) is 7.96. The smallest absolute Gasteiger partial charge is 0.165 e. The zero-order chi connectivity index (χ0) is 22.4. The largest absolute Gasteiger partial charge is 0.365 e. The van der Waals surface area contributed by atoms with Gasteiger partial charge in [0.2, 0.25) is 0 Å². The summed E-state index contributed by atoms with van der Waals surface area (Å²) in [5, 5.41) is 8.45. The molecule has 1 N–H and O–H groups in total. The molecule has 0 bridgehead atoms. The predicted molar refractivity (Wildman–Crippen MR) is 123 cm³/mol. The fraction of sp³-hybridized carbons (Fsp3) is 0.478. The van der Waals surface area contributed by atoms with Gasteiger partial charge in [0.1, 0.15) is 18.0 Å². The number of hydrogen-bond acceptors (Lipinski definition) is 7. The number of rotatable bonds is 5. The summed E-state index contributed by atoms with van der Waals surface area (Å²) in [6.07, 6.45) is 8.22. The summed E-state index contributed by atoms with van der Waals surface area (Å²) in [4.78, 5) is 22.7. The van der Waals surface area contributed by atoms with Gasteiger partial charge >= 0.3 is 0 Å². The van der Waals surface area contributed by atoms with Crippen LogP contribution in [0.25, 0.3) is 22.6 Å². The van der Waals surface area contributed by atoms with Crippen LogP contribution in [0.3, 0.4) is 0 Å². The van der Waals surface area contributed by atoms with Crippen LogP contribution in [0.2, 0.25) is 0 Å². The normalized spacial score (nSPS) is 16.0. The Bertz CT molecular complexity index is 1270. The van der Waals surface area contributed by atoms with Crippen LogP contribution in [0.1, 0.15) is 55.9 Å². The minimum absolute atomic E-state index is 0.278. The highest BCUT2D eigenvalue weighted by atomic mass is 15.3. The SMILES string of the molecule is CCn1c(-c2cnc(C)nc2)nc2c(NC3CCc4c(c(C(C)C)nn4C)C3)ncnc21. The third kappa shape index (κ3) is 3.41. The minimum atomic E-state index is 0.278. The van der Waals surface area contributed by atoms with E-state index in [1.54, 1.807) is 6.33 Å². The van der Waals surface area contributed by atoms with E-state index in [2.05, 4.69) is 62.3 Å². The molecule has 9 nitrogen and oxygen atoms in total. The number of aromatic nitrogens is 8. The Hall–Kier alpha value is -3.36. The lowest BCUT2D eigenvalue weighted by Gasteiger charge is -2.25. The molecule has 32 heavy (non-hydrogen) atoms. The van der Waals surface area contributed by atoms with Gasteiger partial charge in [-0.2, -0.15) is 5.10 Å². The maximum absolute atomic E-state index is 4.92. The number of fused-ring (bicyclic) bond motifs is 2. The number of hydrogen-bond donors (Lipinski definition) is 1. The summed E-state index contributed by atoms with van der Waals surface area (Å²) in [6.45, 7) is 9.13. The number of imidazole rings is 1. The second-order valence-corrected chi connectivity index (χ2v) is 8.77. The first-order chi connectivity index (χ1) is 15.5. The van der Waals surface area contributed by atoms with Crippen LogP contribution >= 0.6 is 0 Å². The molecule has 5 rings (SSSR count). The van der Waals surface area contributed by atoms with Crippen molar-refractivity contribution in [1.29, 1.82) is 0 Å². The van der Waals surface area contributed by atoms with E-state index in [1.807, 2.05) is 19.3 Å². The monoisotopic (exact) mass is 431 g/mol. The van der Waals surface area contributed by atoms with Crippen molar-refractivity contribution in [3.05, 3.63) is 41.5 Å². The van der Waals surface area contributed by atoms with Gasteiger partial charge in [-0.05, 0) is 44.6 Å². The molecule has 0 saturated carbocycles. The van der Waals surface area contributed by atoms with Crippen LogP contribution in [-0.4, -0.2) is 45.3 Å². The number of nitrogens with zero attached hydrogens (tertiary/aromatic N) is 8. The maximum atomic E-state index is 4.92. The topological polar surface area (TPSA) is 99.2 Å². The van der Waals surface area contributed by atoms with Crippen molar-refractivity contribution in [2.45, 2.75) is 65.5 Å². The Morgan fingerprint density at radius 3 is 2.66 bits per heavy atom. The number of anilines is 1. The van der Waals surface area contributed by atoms with Crippen molar-refractivity contribution in [3.63, 3.8) is 0 Å². The third-order valence-electron chi connectivity index (χ3n) is 6.26. The van der Waals surface area contributed by atoms with Gasteiger partial charge in [0.15, 0.2) is 17.0 Å². The third-order valence-corrected chi connectivity index (χ3v) is 6.26. The molecule has 166 valence electrons. The molecule has 0 aliphatic heterocycles. The summed E-state index contributed by atoms with van der Waals surface area (Å²) < 4.78 is 4.15. The van der Waals surface area contributed by atoms with Gasteiger partial charge in [0, 0.05) is 37.7 Å². The predicted octanol–water partition coefficient (Wildman–Crippen LogP) is 3.44. The van der Waals surface area contributed by atoms with E-state index in [4.69, 9.17) is 10.1 Å². The Morgan fingerprint density at radius 1 is 1.16 bits per heavy atom. The highest BCUT2D eigenvalue weighted by Crippen LogP contribution is 2.31. The van der Waals surface area contributed by atoms with Crippen LogP contribution in [0, 0.1) is 6.92 Å². The van der Waals surface area contributed by atoms with Gasteiger partial charge in [-0.3, -0.25) is 4.68 Å². The van der Waals surface area contributed by atoms with Gasteiger partial charge in [0.05, 0.1) is 11.3 Å². The van der Waals surface area contributed by atoms with Crippen molar-refractivity contribution in [3.8, 4) is 11.4 Å². The first-order valence-corrected chi connectivity index (χ1v) is 11.3. The van der Waals surface area contributed by atoms with Gasteiger partial charge in [-0.15, -0.1) is 0 Å². The molecule has 4 aromatic rings. The lowest BCUT2D eigenvalue weighted by atomic mass is 9.89. The summed E-state index contributed by atoms with van der Waals surface area (Å²) in [6, 6.07) is 0.278. The number of aryl methyl sites for hydroxylation is 3. The lowest BCUT2D eigenvalue weighted by molar-refractivity contribution is 0.577. The van der Waals surface area contributed by atoms with Gasteiger partial charge in [-0.1, -0.05) is 13.8 Å². The Kier molecular flexibility index (Phi) is 5.11. The molecular formula is C23H29N9. The van der Waals surface area contributed by atoms with Crippen molar-refractivity contribution in [2.24, 2.45) is 7.05 Å². The summed E-state index contributed by atoms with van der Waals surface area (Å²) in [5.41, 5.74) is 6.43. The van der Waals surface area contributed by atoms with Crippen molar-refractivity contribution in [2.75, 3.05) is 5.32 Å². The van der Waals surface area contributed by atoms with E-state index >= 15 is 0 Å². The molecule has 0 amide bonds. The summed E-state index contributed by atoms with van der Waals surface area (Å²) in [7, 11) is 2.06. The molecule has 9 heteroatoms. The summed E-state index contributed by atoms with van der Waals surface area (Å²) >= 11 is 0. The minimum Gasteiger partial charge on any atom is -0.365 e. The fourth-order valence-corrected chi connectivity index (χ4v) is 4.67. The fourth-order valence-electron chi connectivity index (χ4n) is 4.67. The van der Waals surface area contributed by atoms with Crippen molar-refractivity contribution >= 4 is 17.0 Å². The number of nitrogens with one attached hydrogen (secondary N) is 1. The molecule has 0 fully saturated rings. The average molecular weight is 432 g/mol. The highest BCUT2D eigenvalue weighted by molar-refractivity contribution is 5.86. The molecule has 1 atom stereocenters. The van der Waals surface area contributed by atoms with Crippen LogP contribution in [0.15, 0.2) is 18.7 Å². The molecular weight excluding hydrogens is 402 g/mol. The zero-order valence-electron chi connectivity index (χ0n) is 19.3. The molecule has 4 heterocycles.